The van der Waals surface area contributed by atoms with E-state index in [9.17, 15) is 4.79 Å². The van der Waals surface area contributed by atoms with Crippen LogP contribution in [0.5, 0.6) is 23.0 Å². The van der Waals surface area contributed by atoms with Gasteiger partial charge in [0, 0.05) is 17.7 Å². The van der Waals surface area contributed by atoms with Gasteiger partial charge in [0.15, 0.2) is 22.5 Å². The maximum absolute atomic E-state index is 12.8. The predicted molar refractivity (Wildman–Crippen MR) is 135 cm³/mol. The second-order valence-corrected chi connectivity index (χ2v) is 9.32. The van der Waals surface area contributed by atoms with Crippen LogP contribution in [0.1, 0.15) is 39.0 Å². The first-order valence-corrected chi connectivity index (χ1v) is 12.7. The molecule has 0 spiro atoms. The monoisotopic (exact) mass is 497 g/mol. The molecule has 1 heterocycles. The Hall–Kier alpha value is -3.20. The van der Waals surface area contributed by atoms with Crippen molar-refractivity contribution in [3.05, 3.63) is 36.4 Å². The molecule has 1 saturated carbocycles. The van der Waals surface area contributed by atoms with Crippen molar-refractivity contribution in [1.82, 2.24) is 14.8 Å². The second-order valence-electron chi connectivity index (χ2n) is 8.15. The molecule has 1 fully saturated rings. The summed E-state index contributed by atoms with van der Waals surface area (Å²) in [5.74, 6) is 3.23. The van der Waals surface area contributed by atoms with E-state index in [1.807, 2.05) is 47.9 Å². The summed E-state index contributed by atoms with van der Waals surface area (Å²) in [6, 6.07) is 11.5. The van der Waals surface area contributed by atoms with Gasteiger partial charge in [-0.1, -0.05) is 24.6 Å². The number of nitrogens with zero attached hydrogens (tertiary/aromatic N) is 3. The summed E-state index contributed by atoms with van der Waals surface area (Å²) >= 11 is 1.49. The number of hydrogen-bond acceptors (Lipinski definition) is 8. The van der Waals surface area contributed by atoms with Gasteiger partial charge in [-0.2, -0.15) is 0 Å². The molecule has 1 unspecified atom stereocenters. The fourth-order valence-corrected chi connectivity index (χ4v) is 5.39. The molecule has 0 N–H and O–H groups in total. The molecule has 9 heteroatoms. The van der Waals surface area contributed by atoms with E-state index in [1.165, 1.54) is 11.8 Å². The third-order valence-electron chi connectivity index (χ3n) is 5.96. The van der Waals surface area contributed by atoms with Crippen molar-refractivity contribution in [3.8, 4) is 40.1 Å². The maximum Gasteiger partial charge on any atom is 0.203 e. The minimum absolute atomic E-state index is 0.129. The molecule has 8 nitrogen and oxygen atoms in total. The quantitative estimate of drug-likeness (QED) is 0.366. The summed E-state index contributed by atoms with van der Waals surface area (Å²) < 4.78 is 24.2. The zero-order chi connectivity index (χ0) is 24.8. The van der Waals surface area contributed by atoms with Gasteiger partial charge in [0.05, 0.1) is 33.2 Å². The Bertz CT molecular complexity index is 1140. The molecule has 0 amide bonds. The minimum Gasteiger partial charge on any atom is -0.494 e. The molecule has 0 radical (unpaired) electrons. The van der Waals surface area contributed by atoms with Crippen LogP contribution in [0.15, 0.2) is 41.6 Å². The fourth-order valence-electron chi connectivity index (χ4n) is 4.21. The minimum atomic E-state index is -0.129. The van der Waals surface area contributed by atoms with E-state index < -0.39 is 0 Å². The highest BCUT2D eigenvalue weighted by Gasteiger charge is 2.27. The summed E-state index contributed by atoms with van der Waals surface area (Å²) in [4.78, 5) is 12.8. The van der Waals surface area contributed by atoms with Crippen molar-refractivity contribution in [3.63, 3.8) is 0 Å². The van der Waals surface area contributed by atoms with Crippen molar-refractivity contribution >= 4 is 17.5 Å². The number of carbonyl (C=O) groups is 1. The van der Waals surface area contributed by atoms with Crippen LogP contribution in [0.25, 0.3) is 17.1 Å². The molecule has 1 aliphatic rings. The average Bonchev–Trinajstić information content (AvgIpc) is 3.19. The third-order valence-corrected chi connectivity index (χ3v) is 7.22. The Morgan fingerprint density at radius 1 is 0.971 bits per heavy atom. The lowest BCUT2D eigenvalue weighted by Gasteiger charge is -2.16. The van der Waals surface area contributed by atoms with Crippen LogP contribution >= 0.6 is 11.8 Å². The van der Waals surface area contributed by atoms with Gasteiger partial charge in [-0.25, -0.2) is 0 Å². The first kappa shape index (κ1) is 24.9. The lowest BCUT2D eigenvalue weighted by Crippen LogP contribution is -2.16. The van der Waals surface area contributed by atoms with E-state index in [0.717, 1.165) is 42.7 Å². The van der Waals surface area contributed by atoms with Crippen molar-refractivity contribution < 1.29 is 23.7 Å². The topological polar surface area (TPSA) is 84.7 Å². The second kappa shape index (κ2) is 11.5. The average molecular weight is 498 g/mol. The van der Waals surface area contributed by atoms with Gasteiger partial charge in [-0.3, -0.25) is 9.36 Å². The van der Waals surface area contributed by atoms with Gasteiger partial charge in [0.25, 0.3) is 0 Å². The van der Waals surface area contributed by atoms with Crippen LogP contribution < -0.4 is 18.9 Å². The normalized spacial score (nSPS) is 16.0. The van der Waals surface area contributed by atoms with Crippen LogP contribution in [-0.2, 0) is 4.79 Å². The number of methoxy groups -OCH3 is 3. The smallest absolute Gasteiger partial charge is 0.203 e. The van der Waals surface area contributed by atoms with Crippen LogP contribution in [0, 0.1) is 0 Å². The number of Topliss-reactive ketones (excluding diaryl/α,β-unsaturated/α-hetero) is 1. The maximum atomic E-state index is 12.8. The van der Waals surface area contributed by atoms with E-state index in [2.05, 4.69) is 10.2 Å². The molecule has 0 bridgehead atoms. The molecular weight excluding hydrogens is 466 g/mol. The highest BCUT2D eigenvalue weighted by molar-refractivity contribution is 8.00. The number of rotatable bonds is 9. The molecule has 2 aromatic carbocycles. The van der Waals surface area contributed by atoms with Crippen molar-refractivity contribution in [2.75, 3.05) is 27.9 Å². The lowest BCUT2D eigenvalue weighted by molar-refractivity contribution is -0.118. The highest BCUT2D eigenvalue weighted by Crippen LogP contribution is 2.42. The number of ether oxygens (including phenoxy) is 4. The van der Waals surface area contributed by atoms with E-state index in [0.29, 0.717) is 41.3 Å². The molecule has 0 aliphatic heterocycles. The van der Waals surface area contributed by atoms with Gasteiger partial charge in [-0.05, 0) is 56.2 Å². The Labute approximate surface area is 209 Å². The summed E-state index contributed by atoms with van der Waals surface area (Å²) in [5.41, 5.74) is 1.62. The molecule has 4 rings (SSSR count). The van der Waals surface area contributed by atoms with Gasteiger partial charge in [0.1, 0.15) is 11.5 Å². The summed E-state index contributed by atoms with van der Waals surface area (Å²) in [6.45, 7) is 2.54. The van der Waals surface area contributed by atoms with Crippen molar-refractivity contribution in [2.24, 2.45) is 0 Å². The molecular formula is C26H31N3O5S. The SMILES string of the molecule is CCOc1ccc(-n2c(SC3CCCCCC3=O)nnc2-c2cc(OC)c(OC)c(OC)c2)cc1. The third kappa shape index (κ3) is 5.40. The van der Waals surface area contributed by atoms with Crippen LogP contribution in [0.4, 0.5) is 0 Å². The Kier molecular flexibility index (Phi) is 8.17. The summed E-state index contributed by atoms with van der Waals surface area (Å²) in [7, 11) is 4.73. The molecule has 1 aromatic heterocycles. The lowest BCUT2D eigenvalue weighted by atomic mass is 10.1. The number of ketones is 1. The number of benzene rings is 2. The van der Waals surface area contributed by atoms with Gasteiger partial charge in [0.2, 0.25) is 5.75 Å². The van der Waals surface area contributed by atoms with E-state index in [1.54, 1.807) is 21.3 Å². The number of carbonyl (C=O) groups excluding carboxylic acids is 1. The van der Waals surface area contributed by atoms with Crippen LogP contribution in [0.2, 0.25) is 0 Å². The zero-order valence-electron chi connectivity index (χ0n) is 20.6. The molecule has 1 aliphatic carbocycles. The van der Waals surface area contributed by atoms with Gasteiger partial charge in [-0.15, -0.1) is 10.2 Å². The molecule has 186 valence electrons. The van der Waals surface area contributed by atoms with Crippen molar-refractivity contribution in [1.29, 1.82) is 0 Å². The first-order chi connectivity index (χ1) is 17.1. The van der Waals surface area contributed by atoms with E-state index in [-0.39, 0.29) is 11.0 Å². The molecule has 35 heavy (non-hydrogen) atoms. The summed E-state index contributed by atoms with van der Waals surface area (Å²) in [6.07, 6.45) is 4.55. The van der Waals surface area contributed by atoms with Crippen LogP contribution in [0.3, 0.4) is 0 Å². The molecule has 3 aromatic rings. The van der Waals surface area contributed by atoms with E-state index >= 15 is 0 Å². The van der Waals surface area contributed by atoms with Gasteiger partial charge < -0.3 is 18.9 Å². The largest absolute Gasteiger partial charge is 0.494 e. The van der Waals surface area contributed by atoms with Crippen LogP contribution in [-0.4, -0.2) is 53.7 Å². The van der Waals surface area contributed by atoms with Gasteiger partial charge >= 0.3 is 0 Å². The number of aromatic nitrogens is 3. The predicted octanol–water partition coefficient (Wildman–Crippen LogP) is 5.35. The number of hydrogen-bond donors (Lipinski definition) is 0. The molecule has 1 atom stereocenters. The zero-order valence-corrected chi connectivity index (χ0v) is 21.4. The van der Waals surface area contributed by atoms with Crippen molar-refractivity contribution in [2.45, 2.75) is 49.4 Å². The molecule has 0 saturated heterocycles. The fraction of sp³-hybridized carbons (Fsp3) is 0.423. The van der Waals surface area contributed by atoms with E-state index in [4.69, 9.17) is 18.9 Å². The Morgan fingerprint density at radius 2 is 1.69 bits per heavy atom. The Balaban J connectivity index is 1.82. The number of thioether (sulfide) groups is 1. The Morgan fingerprint density at radius 3 is 2.31 bits per heavy atom. The first-order valence-electron chi connectivity index (χ1n) is 11.8. The standard InChI is InChI=1S/C26H31N3O5S/c1-5-34-19-13-11-18(12-14-19)29-25(17-15-21(31-2)24(33-4)22(16-17)32-3)27-28-26(29)35-23-10-8-6-7-9-20(23)30/h11-16,23H,5-10H2,1-4H3. The highest BCUT2D eigenvalue weighted by atomic mass is 32.2. The summed E-state index contributed by atoms with van der Waals surface area (Å²) in [5, 5.41) is 9.60.